The van der Waals surface area contributed by atoms with Gasteiger partial charge in [0.2, 0.25) is 0 Å². The van der Waals surface area contributed by atoms with Crippen LogP contribution < -0.4 is 0 Å². The fourth-order valence-electron chi connectivity index (χ4n) is 2.21. The van der Waals surface area contributed by atoms with Gasteiger partial charge in [0.1, 0.15) is 6.10 Å². The molecule has 2 rings (SSSR count). The summed E-state index contributed by atoms with van der Waals surface area (Å²) in [5, 5.41) is 0. The van der Waals surface area contributed by atoms with Gasteiger partial charge < -0.3 is 9.47 Å². The van der Waals surface area contributed by atoms with Crippen LogP contribution in [0.5, 0.6) is 0 Å². The lowest BCUT2D eigenvalue weighted by Crippen LogP contribution is -2.22. The van der Waals surface area contributed by atoms with E-state index in [-0.39, 0.29) is 6.10 Å². The Morgan fingerprint density at radius 2 is 2.29 bits per heavy atom. The van der Waals surface area contributed by atoms with Crippen LogP contribution in [-0.2, 0) is 9.47 Å². The summed E-state index contributed by atoms with van der Waals surface area (Å²) in [7, 11) is 0. The number of allylic oxidation sites excluding steroid dienone is 1. The van der Waals surface area contributed by atoms with Crippen LogP contribution in [0.25, 0.3) is 0 Å². The van der Waals surface area contributed by atoms with Crippen LogP contribution in [0, 0.1) is 11.8 Å². The van der Waals surface area contributed by atoms with Crippen molar-refractivity contribution in [3.8, 4) is 0 Å². The minimum atomic E-state index is -0.502. The van der Waals surface area contributed by atoms with Gasteiger partial charge in [0.25, 0.3) is 0 Å². The summed E-state index contributed by atoms with van der Waals surface area (Å²) in [6.45, 7) is 2.42. The predicted octanol–water partition coefficient (Wildman–Crippen LogP) is 2.51. The summed E-state index contributed by atoms with van der Waals surface area (Å²) in [5.41, 5.74) is 0. The van der Waals surface area contributed by atoms with E-state index in [2.05, 4.69) is 12.2 Å². The van der Waals surface area contributed by atoms with Crippen LogP contribution in [-0.4, -0.2) is 18.9 Å². The molecule has 1 fully saturated rings. The molecular weight excluding hydrogens is 180 g/mol. The number of rotatable bonds is 3. The molecule has 78 valence electrons. The van der Waals surface area contributed by atoms with Crippen LogP contribution in [0.3, 0.4) is 0 Å². The van der Waals surface area contributed by atoms with E-state index in [0.717, 1.165) is 19.3 Å². The molecule has 2 bridgehead atoms. The van der Waals surface area contributed by atoms with E-state index in [9.17, 15) is 4.79 Å². The van der Waals surface area contributed by atoms with E-state index in [4.69, 9.17) is 9.47 Å². The van der Waals surface area contributed by atoms with E-state index in [1.54, 1.807) is 0 Å². The molecule has 0 radical (unpaired) electrons. The van der Waals surface area contributed by atoms with Crippen LogP contribution in [0.15, 0.2) is 12.2 Å². The Morgan fingerprint density at radius 3 is 2.86 bits per heavy atom. The van der Waals surface area contributed by atoms with Crippen LogP contribution >= 0.6 is 0 Å². The van der Waals surface area contributed by atoms with Gasteiger partial charge in [-0.3, -0.25) is 0 Å². The van der Waals surface area contributed by atoms with E-state index in [1.165, 1.54) is 0 Å². The van der Waals surface area contributed by atoms with Crippen molar-refractivity contribution in [3.05, 3.63) is 12.2 Å². The van der Waals surface area contributed by atoms with Crippen LogP contribution in [0.1, 0.15) is 26.2 Å². The zero-order valence-corrected chi connectivity index (χ0v) is 8.44. The van der Waals surface area contributed by atoms with Crippen molar-refractivity contribution in [1.82, 2.24) is 0 Å². The van der Waals surface area contributed by atoms with E-state index in [0.29, 0.717) is 18.4 Å². The SMILES string of the molecule is CCCOC(=O)OC1CC2C=CC1C2. The second-order valence-electron chi connectivity index (χ2n) is 4.04. The lowest BCUT2D eigenvalue weighted by atomic mass is 10.1. The first-order valence-corrected chi connectivity index (χ1v) is 5.31. The Labute approximate surface area is 84.1 Å². The zero-order chi connectivity index (χ0) is 9.97. The molecule has 1 saturated carbocycles. The highest BCUT2D eigenvalue weighted by molar-refractivity contribution is 5.60. The lowest BCUT2D eigenvalue weighted by molar-refractivity contribution is 0.0153. The van der Waals surface area contributed by atoms with E-state index < -0.39 is 6.16 Å². The van der Waals surface area contributed by atoms with Crippen molar-refractivity contribution >= 4 is 6.16 Å². The standard InChI is InChI=1S/C11H16O3/c1-2-5-13-11(12)14-10-7-8-3-4-9(10)6-8/h3-4,8-10H,2,5-7H2,1H3. The second kappa shape index (κ2) is 4.03. The third-order valence-electron chi connectivity index (χ3n) is 2.89. The predicted molar refractivity (Wildman–Crippen MR) is 51.9 cm³/mol. The van der Waals surface area contributed by atoms with Gasteiger partial charge in [0, 0.05) is 5.92 Å². The highest BCUT2D eigenvalue weighted by Crippen LogP contribution is 2.40. The Morgan fingerprint density at radius 1 is 1.43 bits per heavy atom. The Kier molecular flexibility index (Phi) is 2.75. The molecule has 0 heterocycles. The molecule has 2 aliphatic carbocycles. The van der Waals surface area contributed by atoms with E-state index in [1.807, 2.05) is 6.92 Å². The third-order valence-corrected chi connectivity index (χ3v) is 2.89. The lowest BCUT2D eigenvalue weighted by Gasteiger charge is -2.18. The molecule has 0 aromatic heterocycles. The Hall–Kier alpha value is -0.990. The number of ether oxygens (including phenoxy) is 2. The van der Waals surface area contributed by atoms with Crippen molar-refractivity contribution in [2.45, 2.75) is 32.3 Å². The zero-order valence-electron chi connectivity index (χ0n) is 8.44. The largest absolute Gasteiger partial charge is 0.508 e. The molecule has 3 nitrogen and oxygen atoms in total. The highest BCUT2D eigenvalue weighted by atomic mass is 16.7. The normalized spacial score (nSPS) is 33.4. The topological polar surface area (TPSA) is 35.5 Å². The molecule has 0 aromatic rings. The minimum absolute atomic E-state index is 0.0642. The summed E-state index contributed by atoms with van der Waals surface area (Å²) in [6.07, 6.45) is 6.90. The fraction of sp³-hybridized carbons (Fsp3) is 0.727. The van der Waals surface area contributed by atoms with Gasteiger partial charge in [0.15, 0.2) is 0 Å². The second-order valence-corrected chi connectivity index (χ2v) is 4.04. The summed E-state index contributed by atoms with van der Waals surface area (Å²) >= 11 is 0. The maximum absolute atomic E-state index is 11.2. The average molecular weight is 196 g/mol. The number of carbonyl (C=O) groups is 1. The molecule has 0 saturated heterocycles. The fourth-order valence-corrected chi connectivity index (χ4v) is 2.21. The summed E-state index contributed by atoms with van der Waals surface area (Å²) in [5.74, 6) is 1.07. The van der Waals surface area contributed by atoms with Crippen LogP contribution in [0.2, 0.25) is 0 Å². The monoisotopic (exact) mass is 196 g/mol. The van der Waals surface area contributed by atoms with Crippen molar-refractivity contribution in [1.29, 1.82) is 0 Å². The molecule has 2 aliphatic rings. The van der Waals surface area contributed by atoms with Crippen molar-refractivity contribution in [2.24, 2.45) is 11.8 Å². The quantitative estimate of drug-likeness (QED) is 0.514. The minimum Gasteiger partial charge on any atom is -0.434 e. The molecule has 3 heteroatoms. The van der Waals surface area contributed by atoms with Gasteiger partial charge in [-0.1, -0.05) is 19.1 Å². The molecule has 0 N–H and O–H groups in total. The summed E-state index contributed by atoms with van der Waals surface area (Å²) < 4.78 is 10.1. The number of carbonyl (C=O) groups excluding carboxylic acids is 1. The van der Waals surface area contributed by atoms with Gasteiger partial charge >= 0.3 is 6.16 Å². The van der Waals surface area contributed by atoms with Gasteiger partial charge in [-0.25, -0.2) is 4.79 Å². The highest BCUT2D eigenvalue weighted by Gasteiger charge is 2.38. The number of hydrogen-bond donors (Lipinski definition) is 0. The molecule has 3 unspecified atom stereocenters. The van der Waals surface area contributed by atoms with Crippen molar-refractivity contribution in [2.75, 3.05) is 6.61 Å². The first kappa shape index (κ1) is 9.56. The van der Waals surface area contributed by atoms with Crippen LogP contribution in [0.4, 0.5) is 4.79 Å². The van der Waals surface area contributed by atoms with Gasteiger partial charge in [0.05, 0.1) is 6.61 Å². The molecule has 3 atom stereocenters. The third kappa shape index (κ3) is 1.91. The molecule has 0 aliphatic heterocycles. The Bertz CT molecular complexity index is 247. The molecule has 0 amide bonds. The number of hydrogen-bond acceptors (Lipinski definition) is 3. The first-order valence-electron chi connectivity index (χ1n) is 5.31. The Balaban J connectivity index is 1.76. The average Bonchev–Trinajstić information content (AvgIpc) is 2.76. The molecule has 0 spiro atoms. The molecule has 14 heavy (non-hydrogen) atoms. The summed E-state index contributed by atoms with van der Waals surface area (Å²) in [4.78, 5) is 11.2. The van der Waals surface area contributed by atoms with Crippen molar-refractivity contribution < 1.29 is 14.3 Å². The molecular formula is C11H16O3. The maximum atomic E-state index is 11.2. The maximum Gasteiger partial charge on any atom is 0.508 e. The van der Waals surface area contributed by atoms with Gasteiger partial charge in [-0.05, 0) is 25.2 Å². The smallest absolute Gasteiger partial charge is 0.434 e. The summed E-state index contributed by atoms with van der Waals surface area (Å²) in [6, 6.07) is 0. The molecule has 0 aromatic carbocycles. The van der Waals surface area contributed by atoms with Gasteiger partial charge in [-0.15, -0.1) is 0 Å². The van der Waals surface area contributed by atoms with E-state index >= 15 is 0 Å². The first-order chi connectivity index (χ1) is 6.79. The van der Waals surface area contributed by atoms with Gasteiger partial charge in [-0.2, -0.15) is 0 Å². The number of fused-ring (bicyclic) bond motifs is 2. The van der Waals surface area contributed by atoms with Crippen molar-refractivity contribution in [3.63, 3.8) is 0 Å².